The summed E-state index contributed by atoms with van der Waals surface area (Å²) in [5.74, 6) is 0.660. The number of likely N-dealkylation sites (tertiary alicyclic amines) is 1. The number of halogens is 1. The number of hydrogen-bond donors (Lipinski definition) is 1. The van der Waals surface area contributed by atoms with Crippen LogP contribution in [-0.4, -0.2) is 29.1 Å². The van der Waals surface area contributed by atoms with E-state index >= 15 is 0 Å². The van der Waals surface area contributed by atoms with Gasteiger partial charge in [0, 0.05) is 12.6 Å². The molecule has 1 heterocycles. The topological polar surface area (TPSA) is 23.5 Å². The fourth-order valence-electron chi connectivity index (χ4n) is 4.11. The highest BCUT2D eigenvalue weighted by Gasteiger charge is 2.34. The zero-order valence-corrected chi connectivity index (χ0v) is 12.9. The van der Waals surface area contributed by atoms with E-state index in [1.807, 2.05) is 6.07 Å². The first-order chi connectivity index (χ1) is 10.1. The molecule has 3 unspecified atom stereocenters. The van der Waals surface area contributed by atoms with Gasteiger partial charge in [0.05, 0.1) is 6.10 Å². The van der Waals surface area contributed by atoms with Crippen LogP contribution in [0.15, 0.2) is 18.2 Å². The average Bonchev–Trinajstić information content (AvgIpc) is 2.96. The minimum atomic E-state index is -0.554. The van der Waals surface area contributed by atoms with Crippen molar-refractivity contribution in [3.63, 3.8) is 0 Å². The molecule has 2 nitrogen and oxygen atoms in total. The van der Waals surface area contributed by atoms with Crippen molar-refractivity contribution in [1.29, 1.82) is 0 Å². The largest absolute Gasteiger partial charge is 0.388 e. The number of aryl methyl sites for hydroxylation is 1. The van der Waals surface area contributed by atoms with Crippen molar-refractivity contribution in [2.24, 2.45) is 5.92 Å². The number of fused-ring (bicyclic) bond motifs is 1. The first-order valence-corrected chi connectivity index (χ1v) is 8.33. The molecule has 3 heteroatoms. The molecule has 1 aliphatic heterocycles. The van der Waals surface area contributed by atoms with Crippen LogP contribution in [0.25, 0.3) is 0 Å². The monoisotopic (exact) mass is 291 g/mol. The van der Waals surface area contributed by atoms with Gasteiger partial charge in [0.25, 0.3) is 0 Å². The third-order valence-corrected chi connectivity index (χ3v) is 5.38. The quantitative estimate of drug-likeness (QED) is 0.911. The molecule has 1 saturated carbocycles. The van der Waals surface area contributed by atoms with E-state index in [9.17, 15) is 9.50 Å². The average molecular weight is 291 g/mol. The zero-order valence-electron chi connectivity index (χ0n) is 12.9. The number of hydrogen-bond acceptors (Lipinski definition) is 2. The lowest BCUT2D eigenvalue weighted by atomic mass is 9.91. The summed E-state index contributed by atoms with van der Waals surface area (Å²) < 4.78 is 13.6. The highest BCUT2D eigenvalue weighted by Crippen LogP contribution is 2.37. The fraction of sp³-hybridized carbons (Fsp3) is 0.667. The molecule has 0 spiro atoms. The normalized spacial score (nSPS) is 27.6. The summed E-state index contributed by atoms with van der Waals surface area (Å²) in [6.07, 6.45) is 6.88. The summed E-state index contributed by atoms with van der Waals surface area (Å²) in [4.78, 5) is 2.56. The maximum atomic E-state index is 13.6. The Labute approximate surface area is 127 Å². The van der Waals surface area contributed by atoms with E-state index in [0.29, 0.717) is 17.5 Å². The second-order valence-electron chi connectivity index (χ2n) is 6.75. The lowest BCUT2D eigenvalue weighted by Gasteiger charge is -2.38. The van der Waals surface area contributed by atoms with Crippen LogP contribution < -0.4 is 0 Å². The number of nitrogens with zero attached hydrogens (tertiary/aromatic N) is 1. The molecule has 2 aliphatic rings. The van der Waals surface area contributed by atoms with Crippen molar-refractivity contribution in [3.8, 4) is 0 Å². The number of aliphatic hydroxyl groups is 1. The molecule has 1 aromatic carbocycles. The summed E-state index contributed by atoms with van der Waals surface area (Å²) in [6.45, 7) is 3.84. The highest BCUT2D eigenvalue weighted by atomic mass is 19.1. The van der Waals surface area contributed by atoms with Crippen molar-refractivity contribution in [2.75, 3.05) is 13.1 Å². The van der Waals surface area contributed by atoms with Crippen molar-refractivity contribution < 1.29 is 9.50 Å². The van der Waals surface area contributed by atoms with Gasteiger partial charge in [0.1, 0.15) is 5.82 Å². The van der Waals surface area contributed by atoms with Crippen LogP contribution in [0.3, 0.4) is 0 Å². The predicted molar refractivity (Wildman–Crippen MR) is 82.6 cm³/mol. The van der Waals surface area contributed by atoms with Gasteiger partial charge >= 0.3 is 0 Å². The van der Waals surface area contributed by atoms with Gasteiger partial charge in [-0.1, -0.05) is 18.6 Å². The van der Waals surface area contributed by atoms with E-state index in [1.165, 1.54) is 38.2 Å². The molecule has 1 saturated heterocycles. The van der Waals surface area contributed by atoms with Gasteiger partial charge in [0.15, 0.2) is 0 Å². The van der Waals surface area contributed by atoms with E-state index in [2.05, 4.69) is 4.90 Å². The third-order valence-electron chi connectivity index (χ3n) is 5.38. The molecular weight excluding hydrogens is 265 g/mol. The molecule has 0 aromatic heterocycles. The number of rotatable bonds is 4. The van der Waals surface area contributed by atoms with Crippen LogP contribution in [0.2, 0.25) is 0 Å². The first kappa shape index (κ1) is 15.0. The lowest BCUT2D eigenvalue weighted by molar-refractivity contribution is 0.0833. The minimum Gasteiger partial charge on any atom is -0.388 e. The Bertz CT molecular complexity index is 490. The van der Waals surface area contributed by atoms with Crippen LogP contribution in [0.1, 0.15) is 55.8 Å². The Balaban J connectivity index is 1.57. The van der Waals surface area contributed by atoms with E-state index in [4.69, 9.17) is 0 Å². The number of aliphatic hydroxyl groups excluding tert-OH is 1. The van der Waals surface area contributed by atoms with Crippen molar-refractivity contribution >= 4 is 0 Å². The molecule has 1 aliphatic carbocycles. The van der Waals surface area contributed by atoms with Crippen molar-refractivity contribution in [3.05, 3.63) is 35.1 Å². The maximum Gasteiger partial charge on any atom is 0.126 e. The summed E-state index contributed by atoms with van der Waals surface area (Å²) in [5, 5.41) is 10.3. The molecule has 2 fully saturated rings. The molecule has 1 aromatic rings. The standard InChI is InChI=1S/C18H26FNO/c1-13-7-8-15(12-16(13)19)18(21)9-11-20-10-3-5-14-4-2-6-17(14)20/h7-8,12,14,17-18,21H,2-6,9-11H2,1H3. The smallest absolute Gasteiger partial charge is 0.126 e. The minimum absolute atomic E-state index is 0.222. The van der Waals surface area contributed by atoms with E-state index in [-0.39, 0.29) is 5.82 Å². The fourth-order valence-corrected chi connectivity index (χ4v) is 4.11. The Morgan fingerprint density at radius 2 is 2.10 bits per heavy atom. The Morgan fingerprint density at radius 1 is 1.29 bits per heavy atom. The molecule has 0 radical (unpaired) electrons. The van der Waals surface area contributed by atoms with Crippen LogP contribution >= 0.6 is 0 Å². The molecule has 0 bridgehead atoms. The third kappa shape index (κ3) is 3.29. The Morgan fingerprint density at radius 3 is 2.90 bits per heavy atom. The number of piperidine rings is 1. The van der Waals surface area contributed by atoms with Crippen LogP contribution in [0.4, 0.5) is 4.39 Å². The van der Waals surface area contributed by atoms with Gasteiger partial charge < -0.3 is 10.0 Å². The highest BCUT2D eigenvalue weighted by molar-refractivity contribution is 5.24. The summed E-state index contributed by atoms with van der Waals surface area (Å²) in [7, 11) is 0. The Hall–Kier alpha value is -0.930. The molecule has 116 valence electrons. The zero-order chi connectivity index (χ0) is 14.8. The lowest BCUT2D eigenvalue weighted by Crippen LogP contribution is -2.43. The summed E-state index contributed by atoms with van der Waals surface area (Å²) >= 11 is 0. The molecule has 3 rings (SSSR count). The first-order valence-electron chi connectivity index (χ1n) is 8.33. The van der Waals surface area contributed by atoms with E-state index < -0.39 is 6.10 Å². The molecular formula is C18H26FNO. The molecule has 21 heavy (non-hydrogen) atoms. The van der Waals surface area contributed by atoms with Crippen molar-refractivity contribution in [1.82, 2.24) is 4.90 Å². The predicted octanol–water partition coefficient (Wildman–Crippen LogP) is 3.82. The van der Waals surface area contributed by atoms with Gasteiger partial charge in [-0.05, 0) is 68.7 Å². The van der Waals surface area contributed by atoms with Crippen LogP contribution in [-0.2, 0) is 0 Å². The SMILES string of the molecule is Cc1ccc(C(O)CCN2CCCC3CCCC32)cc1F. The van der Waals surface area contributed by atoms with Gasteiger partial charge in [-0.2, -0.15) is 0 Å². The Kier molecular flexibility index (Phi) is 4.60. The second-order valence-corrected chi connectivity index (χ2v) is 6.75. The molecule has 0 amide bonds. The van der Waals surface area contributed by atoms with Crippen molar-refractivity contribution in [2.45, 2.75) is 57.6 Å². The second kappa shape index (κ2) is 6.45. The van der Waals surface area contributed by atoms with Crippen LogP contribution in [0, 0.1) is 18.7 Å². The molecule has 1 N–H and O–H groups in total. The van der Waals surface area contributed by atoms with E-state index in [1.54, 1.807) is 13.0 Å². The van der Waals surface area contributed by atoms with Gasteiger partial charge in [-0.15, -0.1) is 0 Å². The summed E-state index contributed by atoms with van der Waals surface area (Å²) in [6, 6.07) is 5.81. The van der Waals surface area contributed by atoms with Gasteiger partial charge in [-0.3, -0.25) is 0 Å². The summed E-state index contributed by atoms with van der Waals surface area (Å²) in [5.41, 5.74) is 1.34. The number of benzene rings is 1. The van der Waals surface area contributed by atoms with Crippen LogP contribution in [0.5, 0.6) is 0 Å². The molecule has 3 atom stereocenters. The van der Waals surface area contributed by atoms with Gasteiger partial charge in [0.2, 0.25) is 0 Å². The van der Waals surface area contributed by atoms with Gasteiger partial charge in [-0.25, -0.2) is 4.39 Å². The van der Waals surface area contributed by atoms with E-state index in [0.717, 1.165) is 25.0 Å². The maximum absolute atomic E-state index is 13.6.